The number of likely N-dealkylation sites (tertiary alicyclic amines) is 1. The number of nitrogens with zero attached hydrogens (tertiary/aromatic N) is 4. The van der Waals surface area contributed by atoms with Gasteiger partial charge in [0.15, 0.2) is 0 Å². The van der Waals surface area contributed by atoms with Gasteiger partial charge in [-0.25, -0.2) is 4.98 Å². The fourth-order valence-electron chi connectivity index (χ4n) is 4.90. The summed E-state index contributed by atoms with van der Waals surface area (Å²) in [5, 5.41) is 0. The number of benzene rings is 2. The van der Waals surface area contributed by atoms with E-state index in [0.29, 0.717) is 6.54 Å². The minimum Gasteiger partial charge on any atom is -0.354 e. The molecule has 6 heteroatoms. The normalized spacial score (nSPS) is 19.5. The number of aromatic nitrogens is 1. The molecule has 2 fully saturated rings. The molecule has 2 aliphatic rings. The highest BCUT2D eigenvalue weighted by Gasteiger charge is 2.43. The van der Waals surface area contributed by atoms with Crippen molar-refractivity contribution in [2.24, 2.45) is 0 Å². The van der Waals surface area contributed by atoms with Crippen LogP contribution in [-0.4, -0.2) is 65.4 Å². The van der Waals surface area contributed by atoms with Gasteiger partial charge in [-0.15, -0.1) is 0 Å². The predicted octanol–water partition coefficient (Wildman–Crippen LogP) is 3.16. The maximum Gasteiger partial charge on any atom is 0.247 e. The molecule has 0 radical (unpaired) electrons. The van der Waals surface area contributed by atoms with E-state index in [4.69, 9.17) is 0 Å². The standard InChI is InChI=1S/C27H28N4O2/c32-26-19-24(29-15-17-30(18-16-29)25-13-7-8-14-28-25)27(33)31(26)20-23(21-9-3-1-4-10-21)22-11-5-2-6-12-22/h1-14,23-24H,15-20H2/t24-/m1/s1. The Morgan fingerprint density at radius 2 is 1.39 bits per heavy atom. The highest BCUT2D eigenvalue weighted by molar-refractivity contribution is 6.05. The predicted molar refractivity (Wildman–Crippen MR) is 128 cm³/mol. The summed E-state index contributed by atoms with van der Waals surface area (Å²) in [6.45, 7) is 3.46. The van der Waals surface area contributed by atoms with Crippen LogP contribution in [0.5, 0.6) is 0 Å². The lowest BCUT2D eigenvalue weighted by Crippen LogP contribution is -2.53. The van der Waals surface area contributed by atoms with Crippen LogP contribution in [0.15, 0.2) is 85.1 Å². The van der Waals surface area contributed by atoms with Gasteiger partial charge in [-0.3, -0.25) is 19.4 Å². The van der Waals surface area contributed by atoms with Crippen molar-refractivity contribution in [1.82, 2.24) is 14.8 Å². The number of imide groups is 1. The zero-order valence-electron chi connectivity index (χ0n) is 18.6. The van der Waals surface area contributed by atoms with Crippen molar-refractivity contribution in [2.75, 3.05) is 37.6 Å². The first-order valence-electron chi connectivity index (χ1n) is 11.5. The molecule has 0 unspecified atom stereocenters. The largest absolute Gasteiger partial charge is 0.354 e. The van der Waals surface area contributed by atoms with Gasteiger partial charge in [0.1, 0.15) is 5.82 Å². The van der Waals surface area contributed by atoms with Crippen LogP contribution in [0.1, 0.15) is 23.5 Å². The topological polar surface area (TPSA) is 56.8 Å². The van der Waals surface area contributed by atoms with Gasteiger partial charge in [0.05, 0.1) is 12.5 Å². The van der Waals surface area contributed by atoms with Crippen molar-refractivity contribution in [3.05, 3.63) is 96.2 Å². The maximum atomic E-state index is 13.4. The third kappa shape index (κ3) is 4.52. The van der Waals surface area contributed by atoms with Crippen LogP contribution in [0.4, 0.5) is 5.82 Å². The summed E-state index contributed by atoms with van der Waals surface area (Å²) >= 11 is 0. The lowest BCUT2D eigenvalue weighted by molar-refractivity contribution is -0.139. The zero-order chi connectivity index (χ0) is 22.6. The van der Waals surface area contributed by atoms with E-state index in [1.807, 2.05) is 54.6 Å². The summed E-state index contributed by atoms with van der Waals surface area (Å²) < 4.78 is 0. The van der Waals surface area contributed by atoms with Gasteiger partial charge in [0.25, 0.3) is 0 Å². The van der Waals surface area contributed by atoms with Crippen LogP contribution >= 0.6 is 0 Å². The minimum atomic E-state index is -0.365. The molecule has 1 atom stereocenters. The molecule has 2 aromatic carbocycles. The number of piperazine rings is 1. The van der Waals surface area contributed by atoms with Crippen molar-refractivity contribution in [3.63, 3.8) is 0 Å². The zero-order valence-corrected chi connectivity index (χ0v) is 18.6. The van der Waals surface area contributed by atoms with Gasteiger partial charge < -0.3 is 4.90 Å². The van der Waals surface area contributed by atoms with Crippen LogP contribution in [-0.2, 0) is 9.59 Å². The minimum absolute atomic E-state index is 0.0416. The Morgan fingerprint density at radius 3 is 1.97 bits per heavy atom. The van der Waals surface area contributed by atoms with Gasteiger partial charge in [0, 0.05) is 44.8 Å². The number of carbonyl (C=O) groups excluding carboxylic acids is 2. The van der Waals surface area contributed by atoms with E-state index >= 15 is 0 Å². The lowest BCUT2D eigenvalue weighted by Gasteiger charge is -2.37. The van der Waals surface area contributed by atoms with Crippen molar-refractivity contribution in [1.29, 1.82) is 0 Å². The van der Waals surface area contributed by atoms with Gasteiger partial charge in [-0.1, -0.05) is 66.7 Å². The number of amides is 2. The summed E-state index contributed by atoms with van der Waals surface area (Å²) in [4.78, 5) is 36.7. The molecule has 3 aromatic rings. The maximum absolute atomic E-state index is 13.4. The quantitative estimate of drug-likeness (QED) is 0.551. The Hall–Kier alpha value is -3.51. The summed E-state index contributed by atoms with van der Waals surface area (Å²) in [5.41, 5.74) is 2.22. The van der Waals surface area contributed by atoms with Crippen LogP contribution in [0.3, 0.4) is 0 Å². The van der Waals surface area contributed by atoms with Gasteiger partial charge in [-0.2, -0.15) is 0 Å². The molecule has 6 nitrogen and oxygen atoms in total. The third-order valence-electron chi connectivity index (χ3n) is 6.72. The number of carbonyl (C=O) groups is 2. The van der Waals surface area contributed by atoms with E-state index in [-0.39, 0.29) is 30.2 Å². The molecule has 1 aromatic heterocycles. The van der Waals surface area contributed by atoms with Gasteiger partial charge >= 0.3 is 0 Å². The molecule has 0 saturated carbocycles. The highest BCUT2D eigenvalue weighted by atomic mass is 16.2. The molecule has 33 heavy (non-hydrogen) atoms. The van der Waals surface area contributed by atoms with Crippen LogP contribution < -0.4 is 4.90 Å². The lowest BCUT2D eigenvalue weighted by atomic mass is 9.91. The SMILES string of the molecule is O=C1C[C@@H](N2CCN(c3ccccn3)CC2)C(=O)N1CC(c1ccccc1)c1ccccc1. The second kappa shape index (κ2) is 9.55. The highest BCUT2D eigenvalue weighted by Crippen LogP contribution is 2.29. The van der Waals surface area contributed by atoms with Crippen molar-refractivity contribution in [3.8, 4) is 0 Å². The van der Waals surface area contributed by atoms with Crippen molar-refractivity contribution in [2.45, 2.75) is 18.4 Å². The van der Waals surface area contributed by atoms with Gasteiger partial charge in [0.2, 0.25) is 11.8 Å². The first kappa shape index (κ1) is 21.3. The Bertz CT molecular complexity index is 1040. The monoisotopic (exact) mass is 440 g/mol. The van der Waals surface area contributed by atoms with E-state index in [1.165, 1.54) is 4.90 Å². The number of pyridine rings is 1. The van der Waals surface area contributed by atoms with Crippen molar-refractivity contribution >= 4 is 17.6 Å². The summed E-state index contributed by atoms with van der Waals surface area (Å²) in [5.74, 6) is 0.776. The molecular formula is C27H28N4O2. The molecular weight excluding hydrogens is 412 g/mol. The smallest absolute Gasteiger partial charge is 0.247 e. The summed E-state index contributed by atoms with van der Waals surface area (Å²) in [7, 11) is 0. The molecule has 5 rings (SSSR count). The second-order valence-corrected chi connectivity index (χ2v) is 8.65. The molecule has 168 valence electrons. The Morgan fingerprint density at radius 1 is 0.788 bits per heavy atom. The average molecular weight is 441 g/mol. The molecule has 3 heterocycles. The van der Waals surface area contributed by atoms with E-state index < -0.39 is 0 Å². The van der Waals surface area contributed by atoms with E-state index in [2.05, 4.69) is 39.0 Å². The molecule has 0 aliphatic carbocycles. The molecule has 2 aliphatic heterocycles. The summed E-state index contributed by atoms with van der Waals surface area (Å²) in [6.07, 6.45) is 2.06. The van der Waals surface area contributed by atoms with E-state index in [1.54, 1.807) is 6.20 Å². The Balaban J connectivity index is 1.29. The fourth-order valence-corrected chi connectivity index (χ4v) is 4.90. The molecule has 0 N–H and O–H groups in total. The average Bonchev–Trinajstić information content (AvgIpc) is 3.17. The second-order valence-electron chi connectivity index (χ2n) is 8.65. The molecule has 0 bridgehead atoms. The van der Waals surface area contributed by atoms with Crippen molar-refractivity contribution < 1.29 is 9.59 Å². The Labute approximate surface area is 194 Å². The number of rotatable bonds is 6. The third-order valence-corrected chi connectivity index (χ3v) is 6.72. The Kier molecular flexibility index (Phi) is 6.17. The molecule has 0 spiro atoms. The summed E-state index contributed by atoms with van der Waals surface area (Å²) in [6, 6.07) is 25.8. The number of hydrogen-bond donors (Lipinski definition) is 0. The van der Waals surface area contributed by atoms with Crippen LogP contribution in [0, 0.1) is 0 Å². The van der Waals surface area contributed by atoms with Crippen LogP contribution in [0.25, 0.3) is 0 Å². The fraction of sp³-hybridized carbons (Fsp3) is 0.296. The molecule has 2 saturated heterocycles. The van der Waals surface area contributed by atoms with E-state index in [0.717, 1.165) is 43.1 Å². The first-order chi connectivity index (χ1) is 16.2. The van der Waals surface area contributed by atoms with Crippen LogP contribution in [0.2, 0.25) is 0 Å². The number of anilines is 1. The first-order valence-corrected chi connectivity index (χ1v) is 11.5. The van der Waals surface area contributed by atoms with E-state index in [9.17, 15) is 9.59 Å². The van der Waals surface area contributed by atoms with Gasteiger partial charge in [-0.05, 0) is 23.3 Å². The number of hydrogen-bond acceptors (Lipinski definition) is 5. The molecule has 2 amide bonds.